The van der Waals surface area contributed by atoms with Gasteiger partial charge in [-0.3, -0.25) is 0 Å². The number of rotatable bonds is 1. The number of aliphatic hydroxyl groups excluding tert-OH is 1. The molecule has 17 heavy (non-hydrogen) atoms. The zero-order chi connectivity index (χ0) is 11.9. The van der Waals surface area contributed by atoms with Gasteiger partial charge in [-0.15, -0.1) is 0 Å². The Kier molecular flexibility index (Phi) is 3.20. The third-order valence-corrected chi connectivity index (χ3v) is 6.00. The molecule has 98 valence electrons. The number of aliphatic hydroxyl groups is 1. The Hall–Kier alpha value is -0.0800. The minimum absolute atomic E-state index is 0.0272. The van der Waals surface area contributed by atoms with E-state index in [1.165, 1.54) is 68.9 Å². The van der Waals surface area contributed by atoms with E-state index in [9.17, 15) is 5.11 Å². The van der Waals surface area contributed by atoms with Crippen LogP contribution in [0.5, 0.6) is 0 Å². The van der Waals surface area contributed by atoms with Crippen LogP contribution in [0.15, 0.2) is 0 Å². The van der Waals surface area contributed by atoms with Crippen molar-refractivity contribution in [1.82, 2.24) is 0 Å². The van der Waals surface area contributed by atoms with Crippen molar-refractivity contribution in [3.63, 3.8) is 0 Å². The van der Waals surface area contributed by atoms with Gasteiger partial charge < -0.3 is 9.59 Å². The van der Waals surface area contributed by atoms with Gasteiger partial charge in [0.15, 0.2) is 0 Å². The molecule has 3 rings (SSSR count). The Morgan fingerprint density at radius 1 is 0.882 bits per heavy atom. The standard InChI is InChI=1S/C15H28NO/c1-16(10-3-2-4-11-16)14-9-8-12-6-5-7-13(14)15(12)17/h12-15,17H,2-11H2,1H3/q+1/t12-,13+,14-,15-/m1/s1. The normalized spacial score (nSPS) is 45.5. The molecule has 2 nitrogen and oxygen atoms in total. The lowest BCUT2D eigenvalue weighted by atomic mass is 9.66. The molecule has 2 aliphatic carbocycles. The molecule has 1 aliphatic heterocycles. The van der Waals surface area contributed by atoms with Gasteiger partial charge in [0.2, 0.25) is 0 Å². The van der Waals surface area contributed by atoms with E-state index in [1.54, 1.807) is 0 Å². The van der Waals surface area contributed by atoms with E-state index in [4.69, 9.17) is 0 Å². The average molecular weight is 238 g/mol. The third kappa shape index (κ3) is 2.04. The summed E-state index contributed by atoms with van der Waals surface area (Å²) in [4.78, 5) is 0. The first-order valence-electron chi connectivity index (χ1n) is 7.73. The molecule has 0 spiro atoms. The molecule has 3 aliphatic rings. The van der Waals surface area contributed by atoms with Gasteiger partial charge in [0.05, 0.1) is 32.3 Å². The molecule has 0 aromatic heterocycles. The molecule has 0 unspecified atom stereocenters. The Morgan fingerprint density at radius 3 is 2.41 bits per heavy atom. The highest BCUT2D eigenvalue weighted by Gasteiger charge is 2.48. The second kappa shape index (κ2) is 4.55. The van der Waals surface area contributed by atoms with Crippen molar-refractivity contribution in [1.29, 1.82) is 0 Å². The first kappa shape index (κ1) is 12.0. The number of hydrogen-bond donors (Lipinski definition) is 1. The molecule has 2 saturated carbocycles. The Labute approximate surface area is 106 Å². The van der Waals surface area contributed by atoms with Crippen molar-refractivity contribution in [3.8, 4) is 0 Å². The van der Waals surface area contributed by atoms with E-state index in [2.05, 4.69) is 7.05 Å². The minimum atomic E-state index is 0.0272. The minimum Gasteiger partial charge on any atom is -0.392 e. The van der Waals surface area contributed by atoms with Gasteiger partial charge >= 0.3 is 0 Å². The van der Waals surface area contributed by atoms with Crippen LogP contribution in [0.25, 0.3) is 0 Å². The second-order valence-electron chi connectivity index (χ2n) is 6.98. The molecule has 2 bridgehead atoms. The van der Waals surface area contributed by atoms with Crippen LogP contribution in [0.1, 0.15) is 51.4 Å². The molecular formula is C15H28NO+. The quantitative estimate of drug-likeness (QED) is 0.696. The zero-order valence-corrected chi connectivity index (χ0v) is 11.3. The Bertz CT molecular complexity index is 272. The zero-order valence-electron chi connectivity index (χ0n) is 11.3. The summed E-state index contributed by atoms with van der Waals surface area (Å²) in [5.41, 5.74) is 0. The molecule has 1 N–H and O–H groups in total. The molecule has 2 heteroatoms. The highest BCUT2D eigenvalue weighted by Crippen LogP contribution is 2.44. The van der Waals surface area contributed by atoms with E-state index >= 15 is 0 Å². The van der Waals surface area contributed by atoms with Crippen LogP contribution in [0.2, 0.25) is 0 Å². The number of quaternary nitrogens is 1. The number of piperidine rings is 1. The summed E-state index contributed by atoms with van der Waals surface area (Å²) in [6.07, 6.45) is 10.9. The summed E-state index contributed by atoms with van der Waals surface area (Å²) < 4.78 is 1.27. The van der Waals surface area contributed by atoms with E-state index < -0.39 is 0 Å². The van der Waals surface area contributed by atoms with Gasteiger partial charge in [-0.1, -0.05) is 6.42 Å². The van der Waals surface area contributed by atoms with Gasteiger partial charge in [-0.05, 0) is 44.4 Å². The molecule has 1 saturated heterocycles. The average Bonchev–Trinajstić information content (AvgIpc) is 2.29. The topological polar surface area (TPSA) is 20.2 Å². The lowest BCUT2D eigenvalue weighted by molar-refractivity contribution is -0.943. The fraction of sp³-hybridized carbons (Fsp3) is 1.00. The van der Waals surface area contributed by atoms with Crippen LogP contribution >= 0.6 is 0 Å². The first-order chi connectivity index (χ1) is 8.21. The largest absolute Gasteiger partial charge is 0.392 e. The summed E-state index contributed by atoms with van der Waals surface area (Å²) in [7, 11) is 2.46. The molecule has 0 amide bonds. The molecule has 3 fully saturated rings. The summed E-state index contributed by atoms with van der Waals surface area (Å²) in [6, 6.07) is 0.766. The molecular weight excluding hydrogens is 210 g/mol. The summed E-state index contributed by atoms with van der Waals surface area (Å²) in [6.45, 7) is 2.72. The van der Waals surface area contributed by atoms with E-state index in [-0.39, 0.29) is 6.10 Å². The van der Waals surface area contributed by atoms with E-state index in [1.807, 2.05) is 0 Å². The second-order valence-corrected chi connectivity index (χ2v) is 6.98. The number of likely N-dealkylation sites (tertiary alicyclic amines) is 1. The van der Waals surface area contributed by atoms with Crippen molar-refractivity contribution >= 4 is 0 Å². The van der Waals surface area contributed by atoms with Crippen molar-refractivity contribution in [3.05, 3.63) is 0 Å². The Balaban J connectivity index is 1.77. The predicted octanol–water partition coefficient (Wildman–Crippen LogP) is 2.56. The fourth-order valence-electron chi connectivity index (χ4n) is 4.98. The van der Waals surface area contributed by atoms with Crippen molar-refractivity contribution < 1.29 is 9.59 Å². The molecule has 0 aromatic rings. The lowest BCUT2D eigenvalue weighted by Gasteiger charge is -2.53. The first-order valence-corrected chi connectivity index (χ1v) is 7.73. The molecule has 0 aromatic carbocycles. The monoisotopic (exact) mass is 238 g/mol. The number of hydrogen-bond acceptors (Lipinski definition) is 1. The van der Waals surface area contributed by atoms with Crippen LogP contribution in [0.3, 0.4) is 0 Å². The van der Waals surface area contributed by atoms with Crippen LogP contribution < -0.4 is 0 Å². The predicted molar refractivity (Wildman–Crippen MR) is 69.6 cm³/mol. The SMILES string of the molecule is C[N+]1([C@@H]2CC[C@H]3CCC[C@@H]2[C@@H]3O)CCCCC1. The summed E-state index contributed by atoms with van der Waals surface area (Å²) >= 11 is 0. The maximum Gasteiger partial charge on any atom is 0.0941 e. The van der Waals surface area contributed by atoms with Gasteiger partial charge in [-0.25, -0.2) is 0 Å². The summed E-state index contributed by atoms with van der Waals surface area (Å²) in [5, 5.41) is 10.5. The highest BCUT2D eigenvalue weighted by molar-refractivity contribution is 4.92. The van der Waals surface area contributed by atoms with E-state index in [0.717, 1.165) is 6.04 Å². The molecule has 1 heterocycles. The maximum atomic E-state index is 10.5. The van der Waals surface area contributed by atoms with Gasteiger partial charge in [-0.2, -0.15) is 0 Å². The third-order valence-electron chi connectivity index (χ3n) is 6.00. The Morgan fingerprint density at radius 2 is 1.65 bits per heavy atom. The van der Waals surface area contributed by atoms with Crippen LogP contribution in [-0.2, 0) is 0 Å². The maximum absolute atomic E-state index is 10.5. The lowest BCUT2D eigenvalue weighted by Crippen LogP contribution is -2.62. The van der Waals surface area contributed by atoms with Crippen molar-refractivity contribution in [2.75, 3.05) is 20.1 Å². The van der Waals surface area contributed by atoms with Gasteiger partial charge in [0, 0.05) is 12.3 Å². The summed E-state index contributed by atoms with van der Waals surface area (Å²) in [5.74, 6) is 1.26. The van der Waals surface area contributed by atoms with Crippen LogP contribution in [-0.4, -0.2) is 41.9 Å². The number of fused-ring (bicyclic) bond motifs is 2. The highest BCUT2D eigenvalue weighted by atomic mass is 16.3. The van der Waals surface area contributed by atoms with E-state index in [0.29, 0.717) is 11.8 Å². The smallest absolute Gasteiger partial charge is 0.0941 e. The molecule has 4 atom stereocenters. The number of nitrogens with zero attached hydrogens (tertiary/aromatic N) is 1. The van der Waals surface area contributed by atoms with Crippen LogP contribution in [0, 0.1) is 11.8 Å². The fourth-order valence-corrected chi connectivity index (χ4v) is 4.98. The van der Waals surface area contributed by atoms with Crippen LogP contribution in [0.4, 0.5) is 0 Å². The van der Waals surface area contributed by atoms with Crippen molar-refractivity contribution in [2.45, 2.75) is 63.5 Å². The van der Waals surface area contributed by atoms with Crippen molar-refractivity contribution in [2.24, 2.45) is 11.8 Å². The molecule has 0 radical (unpaired) electrons. The van der Waals surface area contributed by atoms with Gasteiger partial charge in [0.25, 0.3) is 0 Å². The van der Waals surface area contributed by atoms with Gasteiger partial charge in [0.1, 0.15) is 0 Å².